The van der Waals surface area contributed by atoms with E-state index in [-0.39, 0.29) is 12.3 Å². The number of amides is 1. The summed E-state index contributed by atoms with van der Waals surface area (Å²) in [6.45, 7) is 0.409. The van der Waals surface area contributed by atoms with Crippen LogP contribution >= 0.6 is 0 Å². The standard InChI is InChI=1S/C18H19N3O3/c19-17(18(23)24)15-10-16(22)20-21(15)11-12-6-8-14(9-7-12)13-4-2-1-3-5-13/h1-9,15,17H,10-11,19H2,(H,20,22)(H,23,24)/t15-,17+/m1/s1. The maximum atomic E-state index is 11.6. The Labute approximate surface area is 139 Å². The van der Waals surface area contributed by atoms with Gasteiger partial charge in [0.25, 0.3) is 0 Å². The zero-order valence-corrected chi connectivity index (χ0v) is 13.1. The number of hydrogen-bond donors (Lipinski definition) is 3. The predicted molar refractivity (Wildman–Crippen MR) is 89.6 cm³/mol. The van der Waals surface area contributed by atoms with E-state index in [1.54, 1.807) is 5.01 Å². The quantitative estimate of drug-likeness (QED) is 0.772. The van der Waals surface area contributed by atoms with E-state index in [9.17, 15) is 9.59 Å². The van der Waals surface area contributed by atoms with Crippen LogP contribution in [0.4, 0.5) is 0 Å². The largest absolute Gasteiger partial charge is 0.480 e. The average molecular weight is 325 g/mol. The molecule has 0 saturated carbocycles. The summed E-state index contributed by atoms with van der Waals surface area (Å²) < 4.78 is 0. The van der Waals surface area contributed by atoms with Gasteiger partial charge >= 0.3 is 5.97 Å². The Morgan fingerprint density at radius 3 is 2.42 bits per heavy atom. The molecule has 3 rings (SSSR count). The highest BCUT2D eigenvalue weighted by Crippen LogP contribution is 2.21. The van der Waals surface area contributed by atoms with Crippen LogP contribution < -0.4 is 11.2 Å². The molecule has 6 nitrogen and oxygen atoms in total. The minimum Gasteiger partial charge on any atom is -0.480 e. The number of rotatable bonds is 5. The van der Waals surface area contributed by atoms with Crippen LogP contribution in [0.15, 0.2) is 54.6 Å². The highest BCUT2D eigenvalue weighted by atomic mass is 16.4. The van der Waals surface area contributed by atoms with Crippen LogP contribution in [-0.4, -0.2) is 34.1 Å². The molecular weight excluding hydrogens is 306 g/mol. The van der Waals surface area contributed by atoms with Crippen molar-refractivity contribution in [3.8, 4) is 11.1 Å². The number of nitrogens with one attached hydrogen (secondary N) is 1. The number of nitrogens with zero attached hydrogens (tertiary/aromatic N) is 1. The van der Waals surface area contributed by atoms with Gasteiger partial charge in [-0.05, 0) is 16.7 Å². The van der Waals surface area contributed by atoms with Gasteiger partial charge in [0.1, 0.15) is 6.04 Å². The van der Waals surface area contributed by atoms with Gasteiger partial charge in [-0.3, -0.25) is 15.0 Å². The second-order valence-electron chi connectivity index (χ2n) is 5.86. The molecule has 0 spiro atoms. The first-order valence-corrected chi connectivity index (χ1v) is 7.73. The minimum absolute atomic E-state index is 0.0928. The molecular formula is C18H19N3O3. The summed E-state index contributed by atoms with van der Waals surface area (Å²) >= 11 is 0. The van der Waals surface area contributed by atoms with E-state index >= 15 is 0 Å². The molecule has 2 aromatic rings. The van der Waals surface area contributed by atoms with Crippen LogP contribution in [0.2, 0.25) is 0 Å². The highest BCUT2D eigenvalue weighted by Gasteiger charge is 2.37. The summed E-state index contributed by atoms with van der Waals surface area (Å²) in [7, 11) is 0. The number of carbonyl (C=O) groups excluding carboxylic acids is 1. The number of hydrazine groups is 1. The van der Waals surface area contributed by atoms with Crippen LogP contribution in [0.1, 0.15) is 12.0 Å². The van der Waals surface area contributed by atoms with Crippen molar-refractivity contribution in [3.63, 3.8) is 0 Å². The van der Waals surface area contributed by atoms with Crippen molar-refractivity contribution in [1.82, 2.24) is 10.4 Å². The van der Waals surface area contributed by atoms with E-state index in [0.717, 1.165) is 16.7 Å². The molecule has 124 valence electrons. The lowest BCUT2D eigenvalue weighted by Crippen LogP contribution is -2.50. The van der Waals surface area contributed by atoms with Gasteiger partial charge in [-0.1, -0.05) is 54.6 Å². The molecule has 0 bridgehead atoms. The summed E-state index contributed by atoms with van der Waals surface area (Å²) in [5.74, 6) is -1.32. The third kappa shape index (κ3) is 3.45. The van der Waals surface area contributed by atoms with Gasteiger partial charge in [0.05, 0.1) is 6.04 Å². The first-order valence-electron chi connectivity index (χ1n) is 7.73. The Hall–Kier alpha value is -2.70. The number of carbonyl (C=O) groups is 2. The maximum absolute atomic E-state index is 11.6. The molecule has 0 aromatic heterocycles. The molecule has 0 unspecified atom stereocenters. The summed E-state index contributed by atoms with van der Waals surface area (Å²) in [6, 6.07) is 16.3. The summed E-state index contributed by atoms with van der Waals surface area (Å²) in [5, 5.41) is 10.7. The van der Waals surface area contributed by atoms with Crippen LogP contribution in [-0.2, 0) is 16.1 Å². The second-order valence-corrected chi connectivity index (χ2v) is 5.86. The molecule has 1 heterocycles. The third-order valence-corrected chi connectivity index (χ3v) is 4.18. The Bertz CT molecular complexity index is 731. The molecule has 6 heteroatoms. The second kappa shape index (κ2) is 6.82. The fraction of sp³-hybridized carbons (Fsp3) is 0.222. The smallest absolute Gasteiger partial charge is 0.322 e. The monoisotopic (exact) mass is 325 g/mol. The lowest BCUT2D eigenvalue weighted by Gasteiger charge is -2.25. The zero-order chi connectivity index (χ0) is 17.1. The summed E-state index contributed by atoms with van der Waals surface area (Å²) in [4.78, 5) is 22.7. The van der Waals surface area contributed by atoms with E-state index < -0.39 is 18.1 Å². The lowest BCUT2D eigenvalue weighted by atomic mass is 10.0. The maximum Gasteiger partial charge on any atom is 0.322 e. The van der Waals surface area contributed by atoms with Crippen molar-refractivity contribution in [3.05, 3.63) is 60.2 Å². The van der Waals surface area contributed by atoms with Gasteiger partial charge in [0.2, 0.25) is 5.91 Å². The molecule has 0 aliphatic carbocycles. The van der Waals surface area contributed by atoms with Crippen LogP contribution in [0, 0.1) is 0 Å². The number of carboxylic acids is 1. The Balaban J connectivity index is 1.73. The van der Waals surface area contributed by atoms with Crippen molar-refractivity contribution in [2.45, 2.75) is 25.0 Å². The molecule has 1 aliphatic heterocycles. The molecule has 1 aliphatic rings. The number of benzene rings is 2. The van der Waals surface area contributed by atoms with E-state index in [1.807, 2.05) is 54.6 Å². The van der Waals surface area contributed by atoms with Crippen LogP contribution in [0.25, 0.3) is 11.1 Å². The first-order chi connectivity index (χ1) is 11.5. The van der Waals surface area contributed by atoms with Crippen molar-refractivity contribution in [2.75, 3.05) is 0 Å². The van der Waals surface area contributed by atoms with Crippen molar-refractivity contribution in [2.24, 2.45) is 5.73 Å². The molecule has 1 fully saturated rings. The molecule has 2 aromatic carbocycles. The lowest BCUT2D eigenvalue weighted by molar-refractivity contribution is -0.140. The SMILES string of the molecule is N[C@H](C(=O)O)[C@H]1CC(=O)NN1Cc1ccc(-c2ccccc2)cc1. The van der Waals surface area contributed by atoms with E-state index in [2.05, 4.69) is 5.43 Å². The molecule has 0 radical (unpaired) electrons. The Kier molecular flexibility index (Phi) is 4.59. The van der Waals surface area contributed by atoms with Gasteiger partial charge in [0, 0.05) is 13.0 Å². The average Bonchev–Trinajstić information content (AvgIpc) is 2.96. The Morgan fingerprint density at radius 2 is 1.79 bits per heavy atom. The molecule has 24 heavy (non-hydrogen) atoms. The normalized spacial score (nSPS) is 19.0. The molecule has 2 atom stereocenters. The van der Waals surface area contributed by atoms with Crippen molar-refractivity contribution in [1.29, 1.82) is 0 Å². The van der Waals surface area contributed by atoms with Crippen LogP contribution in [0.5, 0.6) is 0 Å². The van der Waals surface area contributed by atoms with Gasteiger partial charge in [-0.15, -0.1) is 0 Å². The fourth-order valence-corrected chi connectivity index (χ4v) is 2.86. The number of aliphatic carboxylic acids is 1. The first kappa shape index (κ1) is 16.2. The van der Waals surface area contributed by atoms with Crippen molar-refractivity contribution < 1.29 is 14.7 Å². The zero-order valence-electron chi connectivity index (χ0n) is 13.1. The third-order valence-electron chi connectivity index (χ3n) is 4.18. The minimum atomic E-state index is -1.11. The van der Waals surface area contributed by atoms with E-state index in [4.69, 9.17) is 10.8 Å². The summed E-state index contributed by atoms with van der Waals surface area (Å²) in [6.07, 6.45) is 0.0928. The predicted octanol–water partition coefficient (Wildman–Crippen LogP) is 1.37. The van der Waals surface area contributed by atoms with E-state index in [1.165, 1.54) is 0 Å². The Morgan fingerprint density at radius 1 is 1.17 bits per heavy atom. The topological polar surface area (TPSA) is 95.7 Å². The fourth-order valence-electron chi connectivity index (χ4n) is 2.86. The van der Waals surface area contributed by atoms with Gasteiger partial charge in [0.15, 0.2) is 0 Å². The molecule has 1 amide bonds. The highest BCUT2D eigenvalue weighted by molar-refractivity contribution is 5.81. The number of carboxylic acid groups (broad SMARTS) is 1. The summed E-state index contributed by atoms with van der Waals surface area (Å²) in [5.41, 5.74) is 11.6. The molecule has 1 saturated heterocycles. The van der Waals surface area contributed by atoms with Crippen LogP contribution in [0.3, 0.4) is 0 Å². The number of hydrogen-bond acceptors (Lipinski definition) is 4. The number of nitrogens with two attached hydrogens (primary N) is 1. The van der Waals surface area contributed by atoms with Gasteiger partial charge in [-0.25, -0.2) is 5.01 Å². The van der Waals surface area contributed by atoms with Gasteiger partial charge < -0.3 is 10.8 Å². The van der Waals surface area contributed by atoms with Crippen molar-refractivity contribution >= 4 is 11.9 Å². The van der Waals surface area contributed by atoms with E-state index in [0.29, 0.717) is 6.54 Å². The van der Waals surface area contributed by atoms with Gasteiger partial charge in [-0.2, -0.15) is 0 Å². The molecule has 4 N–H and O–H groups in total.